The van der Waals surface area contributed by atoms with E-state index >= 15 is 0 Å². The van der Waals surface area contributed by atoms with E-state index < -0.39 is 15.9 Å². The van der Waals surface area contributed by atoms with Crippen molar-refractivity contribution in [1.29, 1.82) is 0 Å². The SMILES string of the molecule is CC(=O)c1ccc(NC(=O)c2ccc(Cl)c(S(=O)(=O)N3CC(C)OC(C)C3)c2)cc1. The molecule has 0 bridgehead atoms. The van der Waals surface area contributed by atoms with Crippen LogP contribution in [0, 0.1) is 0 Å². The number of halogens is 1. The van der Waals surface area contributed by atoms with Crippen LogP contribution in [0.15, 0.2) is 47.4 Å². The zero-order valence-corrected chi connectivity index (χ0v) is 18.5. The first-order valence-corrected chi connectivity index (χ1v) is 11.3. The highest BCUT2D eigenvalue weighted by Gasteiger charge is 2.33. The minimum Gasteiger partial charge on any atom is -0.373 e. The van der Waals surface area contributed by atoms with Gasteiger partial charge in [0, 0.05) is 29.9 Å². The predicted molar refractivity (Wildman–Crippen MR) is 115 cm³/mol. The quantitative estimate of drug-likeness (QED) is 0.702. The second-order valence-corrected chi connectivity index (χ2v) is 9.63. The summed E-state index contributed by atoms with van der Waals surface area (Å²) >= 11 is 6.18. The van der Waals surface area contributed by atoms with E-state index in [0.717, 1.165) is 0 Å². The van der Waals surface area contributed by atoms with E-state index in [9.17, 15) is 18.0 Å². The highest BCUT2D eigenvalue weighted by molar-refractivity contribution is 7.89. The van der Waals surface area contributed by atoms with Crippen LogP contribution in [0.2, 0.25) is 5.02 Å². The van der Waals surface area contributed by atoms with Crippen molar-refractivity contribution in [3.63, 3.8) is 0 Å². The van der Waals surface area contributed by atoms with Gasteiger partial charge >= 0.3 is 0 Å². The number of morpholine rings is 1. The third kappa shape index (κ3) is 4.89. The zero-order valence-electron chi connectivity index (χ0n) is 16.9. The second kappa shape index (κ2) is 8.85. The van der Waals surface area contributed by atoms with Crippen LogP contribution in [0.25, 0.3) is 0 Å². The summed E-state index contributed by atoms with van der Waals surface area (Å²) in [6, 6.07) is 10.6. The first-order chi connectivity index (χ1) is 14.1. The van der Waals surface area contributed by atoms with Crippen molar-refractivity contribution >= 4 is 39.0 Å². The number of benzene rings is 2. The maximum Gasteiger partial charge on any atom is 0.255 e. The molecule has 0 spiro atoms. The summed E-state index contributed by atoms with van der Waals surface area (Å²) in [7, 11) is -3.90. The van der Waals surface area contributed by atoms with E-state index in [0.29, 0.717) is 11.3 Å². The van der Waals surface area contributed by atoms with E-state index in [1.54, 1.807) is 38.1 Å². The highest BCUT2D eigenvalue weighted by Crippen LogP contribution is 2.28. The fourth-order valence-corrected chi connectivity index (χ4v) is 5.39. The van der Waals surface area contributed by atoms with Crippen LogP contribution < -0.4 is 5.32 Å². The topological polar surface area (TPSA) is 92.8 Å². The number of carbonyl (C=O) groups excluding carboxylic acids is 2. The number of ether oxygens (including phenoxy) is 1. The lowest BCUT2D eigenvalue weighted by Crippen LogP contribution is -2.48. The number of nitrogens with one attached hydrogen (secondary N) is 1. The first kappa shape index (κ1) is 22.4. The van der Waals surface area contributed by atoms with Crippen LogP contribution in [0.3, 0.4) is 0 Å². The third-order valence-corrected chi connectivity index (χ3v) is 7.06. The summed E-state index contributed by atoms with van der Waals surface area (Å²) < 4.78 is 33.2. The molecule has 0 saturated carbocycles. The maximum atomic E-state index is 13.2. The smallest absolute Gasteiger partial charge is 0.255 e. The minimum absolute atomic E-state index is 0.0455. The van der Waals surface area contributed by atoms with Crippen LogP contribution in [0.1, 0.15) is 41.5 Å². The normalized spacial score (nSPS) is 20.0. The number of Topliss-reactive ketones (excluding diaryl/α,β-unsaturated/α-hetero) is 1. The summed E-state index contributed by atoms with van der Waals surface area (Å²) in [6.07, 6.45) is -0.487. The number of rotatable bonds is 5. The number of ketones is 1. The molecule has 1 aliphatic heterocycles. The van der Waals surface area contributed by atoms with Gasteiger partial charge in [0.25, 0.3) is 5.91 Å². The van der Waals surface area contributed by atoms with Crippen molar-refractivity contribution in [1.82, 2.24) is 4.31 Å². The van der Waals surface area contributed by atoms with Crippen LogP contribution >= 0.6 is 11.6 Å². The average molecular weight is 451 g/mol. The van der Waals surface area contributed by atoms with E-state index in [-0.39, 0.29) is 46.6 Å². The summed E-state index contributed by atoms with van der Waals surface area (Å²) in [4.78, 5) is 23.9. The standard InChI is InChI=1S/C21H23ClN2O5S/c1-13-11-24(12-14(2)29-13)30(27,28)20-10-17(6-9-19(20)22)21(26)23-18-7-4-16(5-8-18)15(3)25/h4-10,13-14H,11-12H2,1-3H3,(H,23,26). The van der Waals surface area contributed by atoms with E-state index in [2.05, 4.69) is 5.32 Å². The fourth-order valence-electron chi connectivity index (χ4n) is 3.30. The Morgan fingerprint density at radius 1 is 1.03 bits per heavy atom. The summed E-state index contributed by atoms with van der Waals surface area (Å²) in [5.74, 6) is -0.561. The monoisotopic (exact) mass is 450 g/mol. The third-order valence-electron chi connectivity index (χ3n) is 4.75. The molecule has 160 valence electrons. The van der Waals surface area contributed by atoms with Gasteiger partial charge in [-0.3, -0.25) is 9.59 Å². The molecule has 30 heavy (non-hydrogen) atoms. The molecule has 2 atom stereocenters. The summed E-state index contributed by atoms with van der Waals surface area (Å²) in [5.41, 5.74) is 1.17. The average Bonchev–Trinajstić information content (AvgIpc) is 2.67. The lowest BCUT2D eigenvalue weighted by atomic mass is 10.1. The van der Waals surface area contributed by atoms with Crippen LogP contribution in [-0.4, -0.2) is 49.7 Å². The zero-order chi connectivity index (χ0) is 22.1. The van der Waals surface area contributed by atoms with Crippen molar-refractivity contribution in [2.24, 2.45) is 0 Å². The van der Waals surface area contributed by atoms with E-state index in [4.69, 9.17) is 16.3 Å². The Bertz CT molecular complexity index is 1060. The molecule has 2 aromatic rings. The van der Waals surface area contributed by atoms with Gasteiger partial charge in [0.2, 0.25) is 10.0 Å². The second-order valence-electron chi connectivity index (χ2n) is 7.31. The van der Waals surface area contributed by atoms with Gasteiger partial charge in [0.1, 0.15) is 4.90 Å². The predicted octanol–water partition coefficient (Wildman–Crippen LogP) is 3.59. The molecule has 1 N–H and O–H groups in total. The molecule has 1 fully saturated rings. The Labute approximate surface area is 181 Å². The lowest BCUT2D eigenvalue weighted by molar-refractivity contribution is -0.0440. The van der Waals surface area contributed by atoms with Gasteiger partial charge in [0.15, 0.2) is 5.78 Å². The van der Waals surface area contributed by atoms with Gasteiger partial charge in [-0.15, -0.1) is 0 Å². The Morgan fingerprint density at radius 2 is 1.60 bits per heavy atom. The van der Waals surface area contributed by atoms with Gasteiger partial charge in [0.05, 0.1) is 17.2 Å². The van der Waals surface area contributed by atoms with Crippen molar-refractivity contribution in [3.8, 4) is 0 Å². The Morgan fingerprint density at radius 3 is 2.17 bits per heavy atom. The fraction of sp³-hybridized carbons (Fsp3) is 0.333. The summed E-state index contributed by atoms with van der Waals surface area (Å²) in [6.45, 7) is 5.49. The molecule has 3 rings (SSSR count). The van der Waals surface area contributed by atoms with Crippen molar-refractivity contribution in [3.05, 3.63) is 58.6 Å². The van der Waals surface area contributed by atoms with Crippen LogP contribution in [0.4, 0.5) is 5.69 Å². The number of anilines is 1. The van der Waals surface area contributed by atoms with Gasteiger partial charge < -0.3 is 10.1 Å². The number of amides is 1. The molecule has 0 aromatic heterocycles. The van der Waals surface area contributed by atoms with Gasteiger partial charge in [-0.25, -0.2) is 8.42 Å². The Hall–Kier alpha value is -2.26. The van der Waals surface area contributed by atoms with Gasteiger partial charge in [-0.05, 0) is 63.2 Å². The molecule has 1 saturated heterocycles. The first-order valence-electron chi connectivity index (χ1n) is 9.45. The molecule has 2 unspecified atom stereocenters. The number of hydrogen-bond acceptors (Lipinski definition) is 5. The number of sulfonamides is 1. The van der Waals surface area contributed by atoms with Gasteiger partial charge in [-0.1, -0.05) is 11.6 Å². The van der Waals surface area contributed by atoms with E-state index in [1.165, 1.54) is 29.4 Å². The molecule has 1 heterocycles. The van der Waals surface area contributed by atoms with Crippen molar-refractivity contribution < 1.29 is 22.7 Å². The van der Waals surface area contributed by atoms with Crippen molar-refractivity contribution in [2.75, 3.05) is 18.4 Å². The molecule has 9 heteroatoms. The number of hydrogen-bond donors (Lipinski definition) is 1. The van der Waals surface area contributed by atoms with Crippen LogP contribution in [0.5, 0.6) is 0 Å². The number of carbonyl (C=O) groups is 2. The lowest BCUT2D eigenvalue weighted by Gasteiger charge is -2.34. The largest absolute Gasteiger partial charge is 0.373 e. The van der Waals surface area contributed by atoms with Crippen molar-refractivity contribution in [2.45, 2.75) is 37.9 Å². The molecule has 0 aliphatic carbocycles. The molecule has 1 amide bonds. The molecule has 7 nitrogen and oxygen atoms in total. The Balaban J connectivity index is 1.85. The number of nitrogens with zero attached hydrogens (tertiary/aromatic N) is 1. The minimum atomic E-state index is -3.90. The molecule has 2 aromatic carbocycles. The maximum absolute atomic E-state index is 13.2. The van der Waals surface area contributed by atoms with E-state index in [1.807, 2.05) is 0 Å². The molecular weight excluding hydrogens is 428 g/mol. The van der Waals surface area contributed by atoms with Gasteiger partial charge in [-0.2, -0.15) is 4.31 Å². The molecule has 0 radical (unpaired) electrons. The van der Waals surface area contributed by atoms with Crippen LogP contribution in [-0.2, 0) is 14.8 Å². The summed E-state index contributed by atoms with van der Waals surface area (Å²) in [5, 5.41) is 2.74. The Kier molecular flexibility index (Phi) is 6.62. The highest BCUT2D eigenvalue weighted by atomic mass is 35.5. The molecular formula is C21H23ClN2O5S. The molecule has 1 aliphatic rings.